The van der Waals surface area contributed by atoms with Crippen LogP contribution in [0.3, 0.4) is 0 Å². The maximum absolute atomic E-state index is 12.9. The molecule has 2 atom stereocenters. The summed E-state index contributed by atoms with van der Waals surface area (Å²) in [5.74, 6) is 1.76. The highest BCUT2D eigenvalue weighted by Gasteiger charge is 2.36. The van der Waals surface area contributed by atoms with Crippen molar-refractivity contribution in [2.75, 3.05) is 38.1 Å². The van der Waals surface area contributed by atoms with Crippen LogP contribution >= 0.6 is 0 Å². The molecule has 2 aliphatic heterocycles. The summed E-state index contributed by atoms with van der Waals surface area (Å²) < 4.78 is 40.3. The molecule has 0 unspecified atom stereocenters. The molecule has 7 nitrogen and oxygen atoms in total. The molecule has 5 rings (SSSR count). The number of rotatable bonds is 8. The van der Waals surface area contributed by atoms with Crippen molar-refractivity contribution in [1.82, 2.24) is 4.90 Å². The molecular weight excluding hydrogens is 498 g/mol. The Kier molecular flexibility index (Phi) is 7.45. The van der Waals surface area contributed by atoms with Crippen LogP contribution in [-0.4, -0.2) is 58.4 Å². The zero-order valence-corrected chi connectivity index (χ0v) is 23.2. The smallest absolute Gasteiger partial charge is 0.261 e. The fourth-order valence-corrected chi connectivity index (χ4v) is 6.34. The molecule has 0 bridgehead atoms. The van der Waals surface area contributed by atoms with E-state index in [0.717, 1.165) is 47.7 Å². The molecular formula is C30H35N3O4S. The van der Waals surface area contributed by atoms with Crippen molar-refractivity contribution in [1.29, 1.82) is 0 Å². The van der Waals surface area contributed by atoms with Gasteiger partial charge in [0.2, 0.25) is 0 Å². The number of likely N-dealkylation sites (N-methyl/N-ethyl adjacent to an activating group) is 1. The molecule has 0 saturated carbocycles. The van der Waals surface area contributed by atoms with Gasteiger partial charge in [0.25, 0.3) is 10.0 Å². The number of hydrogen-bond donors (Lipinski definition) is 1. The molecule has 3 aromatic carbocycles. The number of anilines is 1. The van der Waals surface area contributed by atoms with E-state index in [1.807, 2.05) is 32.9 Å². The standard InChI is InChI=1S/C30H35N3O4S/c1-5-36-28-17-24-25(18-29(28)37-6-2)30(31-27-15-16-33(4)19-26(24)27)21-9-11-22(12-10-21)32-38(34,35)23-13-7-20(3)8-14-23/h7-14,17-18,26-27,32H,5-6,15-16,19H2,1-4H3/t26-,27-/m1/s1. The number of hydrogen-bond acceptors (Lipinski definition) is 6. The Morgan fingerprint density at radius 2 is 1.63 bits per heavy atom. The SMILES string of the molecule is CCOc1cc2c(cc1OCC)[C@H]1CN(C)CC[C@H]1N=C2c1ccc(NS(=O)(=O)c2ccc(C)cc2)cc1. The third-order valence-electron chi connectivity index (χ3n) is 7.19. The summed E-state index contributed by atoms with van der Waals surface area (Å²) in [5, 5.41) is 0. The summed E-state index contributed by atoms with van der Waals surface area (Å²) >= 11 is 0. The van der Waals surface area contributed by atoms with E-state index in [-0.39, 0.29) is 16.9 Å². The van der Waals surface area contributed by atoms with Gasteiger partial charge in [-0.05, 0) is 82.7 Å². The van der Waals surface area contributed by atoms with Crippen LogP contribution in [0.2, 0.25) is 0 Å². The van der Waals surface area contributed by atoms with E-state index in [1.165, 1.54) is 5.56 Å². The molecule has 1 saturated heterocycles. The number of sulfonamides is 1. The Balaban J connectivity index is 1.50. The number of likely N-dealkylation sites (tertiary alicyclic amines) is 1. The van der Waals surface area contributed by atoms with Crippen molar-refractivity contribution < 1.29 is 17.9 Å². The zero-order valence-electron chi connectivity index (χ0n) is 22.4. The van der Waals surface area contributed by atoms with Gasteiger partial charge < -0.3 is 14.4 Å². The second kappa shape index (κ2) is 10.8. The Labute approximate surface area is 225 Å². The van der Waals surface area contributed by atoms with Gasteiger partial charge in [0.15, 0.2) is 11.5 Å². The van der Waals surface area contributed by atoms with Crippen molar-refractivity contribution in [3.05, 3.63) is 82.9 Å². The van der Waals surface area contributed by atoms with Crippen molar-refractivity contribution in [2.24, 2.45) is 4.99 Å². The molecule has 8 heteroatoms. The first-order chi connectivity index (χ1) is 18.3. The summed E-state index contributed by atoms with van der Waals surface area (Å²) in [4.78, 5) is 7.84. The molecule has 1 N–H and O–H groups in total. The first-order valence-electron chi connectivity index (χ1n) is 13.2. The fourth-order valence-electron chi connectivity index (χ4n) is 5.28. The predicted octanol–water partition coefficient (Wildman–Crippen LogP) is 5.23. The van der Waals surface area contributed by atoms with Crippen molar-refractivity contribution in [3.63, 3.8) is 0 Å². The van der Waals surface area contributed by atoms with Gasteiger partial charge in [0.1, 0.15) is 0 Å². The molecule has 0 spiro atoms. The number of nitrogens with one attached hydrogen (secondary N) is 1. The lowest BCUT2D eigenvalue weighted by atomic mass is 9.79. The lowest BCUT2D eigenvalue weighted by Crippen LogP contribution is -2.41. The minimum Gasteiger partial charge on any atom is -0.490 e. The minimum absolute atomic E-state index is 0.181. The molecule has 38 heavy (non-hydrogen) atoms. The normalized spacial score (nSPS) is 19.2. The Hall–Kier alpha value is -3.36. The van der Waals surface area contributed by atoms with Crippen LogP contribution in [-0.2, 0) is 10.0 Å². The quantitative estimate of drug-likeness (QED) is 0.429. The maximum Gasteiger partial charge on any atom is 0.261 e. The molecule has 0 aromatic heterocycles. The van der Waals surface area contributed by atoms with Crippen LogP contribution in [0.4, 0.5) is 5.69 Å². The second-order valence-electron chi connectivity index (χ2n) is 9.95. The molecule has 1 fully saturated rings. The van der Waals surface area contributed by atoms with Crippen LogP contribution in [0, 0.1) is 6.92 Å². The van der Waals surface area contributed by atoms with Gasteiger partial charge in [0, 0.05) is 29.3 Å². The lowest BCUT2D eigenvalue weighted by Gasteiger charge is -2.39. The summed E-state index contributed by atoms with van der Waals surface area (Å²) in [6, 6.07) is 18.6. The van der Waals surface area contributed by atoms with E-state index in [2.05, 4.69) is 28.8 Å². The van der Waals surface area contributed by atoms with Gasteiger partial charge in [-0.2, -0.15) is 0 Å². The molecule has 2 heterocycles. The number of aliphatic imine (C=N–C) groups is 1. The van der Waals surface area contributed by atoms with Crippen molar-refractivity contribution in [3.8, 4) is 11.5 Å². The summed E-state index contributed by atoms with van der Waals surface area (Å²) in [5.41, 5.74) is 5.62. The van der Waals surface area contributed by atoms with E-state index in [9.17, 15) is 8.42 Å². The van der Waals surface area contributed by atoms with Crippen LogP contribution in [0.1, 0.15) is 48.4 Å². The molecule has 0 radical (unpaired) electrons. The first kappa shape index (κ1) is 26.3. The lowest BCUT2D eigenvalue weighted by molar-refractivity contribution is 0.226. The maximum atomic E-state index is 12.9. The second-order valence-corrected chi connectivity index (χ2v) is 11.6. The summed E-state index contributed by atoms with van der Waals surface area (Å²) in [6.07, 6.45) is 0.982. The predicted molar refractivity (Wildman–Crippen MR) is 151 cm³/mol. The third kappa shape index (κ3) is 5.28. The number of piperidine rings is 1. The topological polar surface area (TPSA) is 80.2 Å². The van der Waals surface area contributed by atoms with Crippen molar-refractivity contribution >= 4 is 21.4 Å². The van der Waals surface area contributed by atoms with Crippen LogP contribution in [0.15, 0.2) is 70.6 Å². The van der Waals surface area contributed by atoms with Gasteiger partial charge in [-0.15, -0.1) is 0 Å². The van der Waals surface area contributed by atoms with E-state index in [1.54, 1.807) is 36.4 Å². The van der Waals surface area contributed by atoms with Crippen molar-refractivity contribution in [2.45, 2.75) is 44.0 Å². The number of nitrogens with zero attached hydrogens (tertiary/aromatic N) is 2. The van der Waals surface area contributed by atoms with E-state index < -0.39 is 10.0 Å². The van der Waals surface area contributed by atoms with Crippen LogP contribution < -0.4 is 14.2 Å². The molecule has 0 aliphatic carbocycles. The van der Waals surface area contributed by atoms with Gasteiger partial charge in [-0.1, -0.05) is 29.8 Å². The van der Waals surface area contributed by atoms with Crippen LogP contribution in [0.5, 0.6) is 11.5 Å². The highest BCUT2D eigenvalue weighted by Crippen LogP contribution is 2.42. The highest BCUT2D eigenvalue weighted by atomic mass is 32.2. The average molecular weight is 534 g/mol. The Morgan fingerprint density at radius 3 is 2.29 bits per heavy atom. The average Bonchev–Trinajstić information content (AvgIpc) is 2.90. The molecule has 2 aliphatic rings. The molecule has 3 aromatic rings. The summed E-state index contributed by atoms with van der Waals surface area (Å²) in [7, 11) is -1.52. The largest absolute Gasteiger partial charge is 0.490 e. The number of benzene rings is 3. The number of ether oxygens (including phenoxy) is 2. The van der Waals surface area contributed by atoms with E-state index in [4.69, 9.17) is 14.5 Å². The zero-order chi connectivity index (χ0) is 26.9. The molecule has 200 valence electrons. The summed E-state index contributed by atoms with van der Waals surface area (Å²) in [6.45, 7) is 8.91. The number of fused-ring (bicyclic) bond motifs is 3. The van der Waals surface area contributed by atoms with Crippen LogP contribution in [0.25, 0.3) is 0 Å². The third-order valence-corrected chi connectivity index (χ3v) is 8.58. The Bertz CT molecular complexity index is 1430. The Morgan fingerprint density at radius 1 is 0.974 bits per heavy atom. The molecule has 0 amide bonds. The van der Waals surface area contributed by atoms with Gasteiger partial charge in [0.05, 0.1) is 29.9 Å². The van der Waals surface area contributed by atoms with Gasteiger partial charge in [-0.3, -0.25) is 9.71 Å². The first-order valence-corrected chi connectivity index (χ1v) is 14.7. The van der Waals surface area contributed by atoms with Gasteiger partial charge >= 0.3 is 0 Å². The monoisotopic (exact) mass is 533 g/mol. The van der Waals surface area contributed by atoms with E-state index >= 15 is 0 Å². The highest BCUT2D eigenvalue weighted by molar-refractivity contribution is 7.92. The fraction of sp³-hybridized carbons (Fsp3) is 0.367. The number of aryl methyl sites for hydroxylation is 1. The minimum atomic E-state index is -3.68. The van der Waals surface area contributed by atoms with E-state index in [0.29, 0.717) is 24.7 Å². The van der Waals surface area contributed by atoms with Gasteiger partial charge in [-0.25, -0.2) is 8.42 Å².